The van der Waals surface area contributed by atoms with E-state index in [9.17, 15) is 19.5 Å². The molecule has 3 heterocycles. The fraction of sp³-hybridized carbons (Fsp3) is 0.550. The van der Waals surface area contributed by atoms with Crippen LogP contribution in [0.2, 0.25) is 0 Å². The minimum absolute atomic E-state index is 0.159. The SMILES string of the molecule is O=C1CCC(N2Cc3cc(CNCC4(O)CCNCC4)ccc3C2=O)C(=O)N1. The molecule has 3 aliphatic rings. The Morgan fingerprint density at radius 3 is 2.75 bits per heavy atom. The molecular weight excluding hydrogens is 360 g/mol. The second kappa shape index (κ2) is 7.62. The van der Waals surface area contributed by atoms with Crippen LogP contribution in [0.5, 0.6) is 0 Å². The molecule has 150 valence electrons. The van der Waals surface area contributed by atoms with Crippen LogP contribution >= 0.6 is 0 Å². The van der Waals surface area contributed by atoms with E-state index in [1.165, 1.54) is 0 Å². The van der Waals surface area contributed by atoms with Crippen LogP contribution in [0.15, 0.2) is 18.2 Å². The third kappa shape index (κ3) is 3.80. The topological polar surface area (TPSA) is 111 Å². The second-order valence-electron chi connectivity index (χ2n) is 7.97. The van der Waals surface area contributed by atoms with Crippen LogP contribution in [0.1, 0.15) is 47.2 Å². The molecule has 2 fully saturated rings. The van der Waals surface area contributed by atoms with Crippen LogP contribution in [0.4, 0.5) is 0 Å². The Hall–Kier alpha value is -2.29. The fourth-order valence-electron chi connectivity index (χ4n) is 4.25. The van der Waals surface area contributed by atoms with Crippen LogP contribution in [0.3, 0.4) is 0 Å². The summed E-state index contributed by atoms with van der Waals surface area (Å²) in [6.07, 6.45) is 2.09. The van der Waals surface area contributed by atoms with Crippen molar-refractivity contribution in [1.29, 1.82) is 0 Å². The molecule has 8 heteroatoms. The van der Waals surface area contributed by atoms with Gasteiger partial charge in [0.05, 0.1) is 5.60 Å². The minimum Gasteiger partial charge on any atom is -0.388 e. The molecule has 4 N–H and O–H groups in total. The fourth-order valence-corrected chi connectivity index (χ4v) is 4.25. The number of rotatable bonds is 5. The summed E-state index contributed by atoms with van der Waals surface area (Å²) in [7, 11) is 0. The summed E-state index contributed by atoms with van der Waals surface area (Å²) in [5.41, 5.74) is 1.88. The number of hydrogen-bond acceptors (Lipinski definition) is 6. The number of nitrogens with one attached hydrogen (secondary N) is 3. The highest BCUT2D eigenvalue weighted by Gasteiger charge is 2.39. The van der Waals surface area contributed by atoms with Crippen LogP contribution in [0, 0.1) is 0 Å². The monoisotopic (exact) mass is 386 g/mol. The van der Waals surface area contributed by atoms with Gasteiger partial charge in [0.1, 0.15) is 6.04 Å². The Morgan fingerprint density at radius 2 is 2.00 bits per heavy atom. The number of amides is 3. The van der Waals surface area contributed by atoms with E-state index in [2.05, 4.69) is 16.0 Å². The van der Waals surface area contributed by atoms with Crippen molar-refractivity contribution in [2.24, 2.45) is 0 Å². The summed E-state index contributed by atoms with van der Waals surface area (Å²) in [6, 6.07) is 5.11. The van der Waals surface area contributed by atoms with E-state index in [1.54, 1.807) is 11.0 Å². The van der Waals surface area contributed by atoms with Gasteiger partial charge in [-0.05, 0) is 49.5 Å². The van der Waals surface area contributed by atoms with E-state index in [4.69, 9.17) is 0 Å². The Morgan fingerprint density at radius 1 is 1.21 bits per heavy atom. The van der Waals surface area contributed by atoms with Gasteiger partial charge in [0.15, 0.2) is 0 Å². The molecule has 0 bridgehead atoms. The number of imide groups is 1. The van der Waals surface area contributed by atoms with Gasteiger partial charge < -0.3 is 20.6 Å². The highest BCUT2D eigenvalue weighted by molar-refractivity contribution is 6.05. The van der Waals surface area contributed by atoms with E-state index in [1.807, 2.05) is 12.1 Å². The first-order valence-electron chi connectivity index (χ1n) is 9.85. The number of aliphatic hydroxyl groups is 1. The molecule has 8 nitrogen and oxygen atoms in total. The van der Waals surface area contributed by atoms with Crippen molar-refractivity contribution < 1.29 is 19.5 Å². The highest BCUT2D eigenvalue weighted by Crippen LogP contribution is 2.28. The van der Waals surface area contributed by atoms with Crippen LogP contribution in [-0.2, 0) is 22.7 Å². The molecule has 0 saturated carbocycles. The Bertz CT molecular complexity index is 803. The molecule has 2 saturated heterocycles. The highest BCUT2D eigenvalue weighted by atomic mass is 16.3. The number of fused-ring (bicyclic) bond motifs is 1. The largest absolute Gasteiger partial charge is 0.388 e. The van der Waals surface area contributed by atoms with Gasteiger partial charge in [0.25, 0.3) is 5.91 Å². The van der Waals surface area contributed by atoms with Gasteiger partial charge in [-0.25, -0.2) is 0 Å². The van der Waals surface area contributed by atoms with Crippen LogP contribution < -0.4 is 16.0 Å². The van der Waals surface area contributed by atoms with E-state index in [0.29, 0.717) is 31.6 Å². The van der Waals surface area contributed by atoms with E-state index in [0.717, 1.165) is 37.1 Å². The van der Waals surface area contributed by atoms with Crippen LogP contribution in [-0.4, -0.2) is 59.0 Å². The first kappa shape index (κ1) is 19.0. The summed E-state index contributed by atoms with van der Waals surface area (Å²) >= 11 is 0. The van der Waals surface area contributed by atoms with E-state index < -0.39 is 17.6 Å². The van der Waals surface area contributed by atoms with Crippen molar-refractivity contribution in [2.75, 3.05) is 19.6 Å². The maximum absolute atomic E-state index is 12.7. The molecule has 1 atom stereocenters. The van der Waals surface area contributed by atoms with Crippen molar-refractivity contribution >= 4 is 17.7 Å². The van der Waals surface area contributed by atoms with Gasteiger partial charge in [0, 0.05) is 31.6 Å². The lowest BCUT2D eigenvalue weighted by Crippen LogP contribution is -2.52. The summed E-state index contributed by atoms with van der Waals surface area (Å²) in [6.45, 7) is 3.18. The Kier molecular flexibility index (Phi) is 5.18. The zero-order valence-electron chi connectivity index (χ0n) is 15.8. The molecule has 1 aromatic rings. The smallest absolute Gasteiger partial charge is 0.255 e. The molecule has 4 rings (SSSR count). The number of carbonyl (C=O) groups excluding carboxylic acids is 3. The molecule has 3 amide bonds. The summed E-state index contributed by atoms with van der Waals surface area (Å²) in [5, 5.41) is 19.4. The number of carbonyl (C=O) groups is 3. The molecule has 3 aliphatic heterocycles. The second-order valence-corrected chi connectivity index (χ2v) is 7.97. The van der Waals surface area contributed by atoms with Crippen molar-refractivity contribution in [3.63, 3.8) is 0 Å². The number of benzene rings is 1. The maximum Gasteiger partial charge on any atom is 0.255 e. The van der Waals surface area contributed by atoms with Gasteiger partial charge in [-0.1, -0.05) is 12.1 Å². The predicted octanol–water partition coefficient (Wildman–Crippen LogP) is -0.348. The van der Waals surface area contributed by atoms with Crippen molar-refractivity contribution in [3.05, 3.63) is 34.9 Å². The van der Waals surface area contributed by atoms with Gasteiger partial charge in [-0.2, -0.15) is 0 Å². The molecule has 0 radical (unpaired) electrons. The van der Waals surface area contributed by atoms with Crippen molar-refractivity contribution in [2.45, 2.75) is 50.4 Å². The average Bonchev–Trinajstić information content (AvgIpc) is 2.98. The molecule has 0 spiro atoms. The average molecular weight is 386 g/mol. The van der Waals surface area contributed by atoms with Gasteiger partial charge >= 0.3 is 0 Å². The van der Waals surface area contributed by atoms with Gasteiger partial charge in [-0.15, -0.1) is 0 Å². The minimum atomic E-state index is -0.666. The normalized spacial score (nSPS) is 24.2. The van der Waals surface area contributed by atoms with E-state index >= 15 is 0 Å². The maximum atomic E-state index is 12.7. The summed E-state index contributed by atoms with van der Waals surface area (Å²) in [5.74, 6) is -0.836. The van der Waals surface area contributed by atoms with E-state index in [-0.39, 0.29) is 18.2 Å². The first-order valence-corrected chi connectivity index (χ1v) is 9.85. The quantitative estimate of drug-likeness (QED) is 0.515. The number of nitrogens with zero attached hydrogens (tertiary/aromatic N) is 1. The summed E-state index contributed by atoms with van der Waals surface area (Å²) < 4.78 is 0. The first-order chi connectivity index (χ1) is 13.5. The molecule has 28 heavy (non-hydrogen) atoms. The lowest BCUT2D eigenvalue weighted by atomic mass is 9.92. The van der Waals surface area contributed by atoms with Crippen molar-refractivity contribution in [3.8, 4) is 0 Å². The molecule has 0 aliphatic carbocycles. The molecule has 1 aromatic carbocycles. The third-order valence-corrected chi connectivity index (χ3v) is 5.91. The standard InChI is InChI=1S/C20H26N4O4/c25-17-4-3-16(18(26)23-17)24-11-14-9-13(1-2-15(14)19(24)27)10-22-12-20(28)5-7-21-8-6-20/h1-2,9,16,21-22,28H,3-8,10-12H2,(H,23,25,26). The number of hydrogen-bond donors (Lipinski definition) is 4. The lowest BCUT2D eigenvalue weighted by molar-refractivity contribution is -0.136. The van der Waals surface area contributed by atoms with Gasteiger partial charge in [-0.3, -0.25) is 19.7 Å². The zero-order valence-corrected chi connectivity index (χ0v) is 15.8. The third-order valence-electron chi connectivity index (χ3n) is 5.91. The van der Waals surface area contributed by atoms with Crippen molar-refractivity contribution in [1.82, 2.24) is 20.9 Å². The Labute approximate surface area is 163 Å². The summed E-state index contributed by atoms with van der Waals surface area (Å²) in [4.78, 5) is 37.7. The predicted molar refractivity (Wildman–Crippen MR) is 101 cm³/mol. The zero-order chi connectivity index (χ0) is 19.7. The number of piperidine rings is 2. The van der Waals surface area contributed by atoms with Gasteiger partial charge in [0.2, 0.25) is 11.8 Å². The molecular formula is C20H26N4O4. The molecule has 0 aromatic heterocycles. The molecule has 1 unspecified atom stereocenters. The van der Waals surface area contributed by atoms with Crippen LogP contribution in [0.25, 0.3) is 0 Å². The lowest BCUT2D eigenvalue weighted by Gasteiger charge is -2.32. The Balaban J connectivity index is 1.38.